The fraction of sp³-hybridized carbons (Fsp3) is 0.158. The van der Waals surface area contributed by atoms with Crippen LogP contribution >= 0.6 is 11.6 Å². The first-order valence-corrected chi connectivity index (χ1v) is 8.86. The first-order valence-electron chi connectivity index (χ1n) is 8.48. The van der Waals surface area contributed by atoms with E-state index in [0.717, 1.165) is 0 Å². The van der Waals surface area contributed by atoms with E-state index < -0.39 is 23.9 Å². The SMILES string of the molecule is COc1cc2ncnc(-c3ccc(F)c(Cl)c3)c2cc1NC(=O)[C@H]1COC(=O)N1. The van der Waals surface area contributed by atoms with Gasteiger partial charge in [0.25, 0.3) is 5.91 Å². The lowest BCUT2D eigenvalue weighted by Crippen LogP contribution is -2.38. The Kier molecular flexibility index (Phi) is 4.89. The highest BCUT2D eigenvalue weighted by Crippen LogP contribution is 2.35. The van der Waals surface area contributed by atoms with Crippen molar-refractivity contribution in [2.75, 3.05) is 19.0 Å². The van der Waals surface area contributed by atoms with E-state index in [0.29, 0.717) is 33.6 Å². The number of aromatic nitrogens is 2. The highest BCUT2D eigenvalue weighted by atomic mass is 35.5. The third-order valence-corrected chi connectivity index (χ3v) is 4.69. The third-order valence-electron chi connectivity index (χ3n) is 4.40. The monoisotopic (exact) mass is 416 g/mol. The van der Waals surface area contributed by atoms with Gasteiger partial charge < -0.3 is 20.1 Å². The molecule has 0 unspecified atom stereocenters. The number of hydrogen-bond acceptors (Lipinski definition) is 6. The molecule has 10 heteroatoms. The number of hydrogen-bond donors (Lipinski definition) is 2. The molecule has 0 bridgehead atoms. The van der Waals surface area contributed by atoms with Gasteiger partial charge >= 0.3 is 6.09 Å². The highest BCUT2D eigenvalue weighted by molar-refractivity contribution is 6.31. The van der Waals surface area contributed by atoms with Crippen LogP contribution in [0.25, 0.3) is 22.2 Å². The minimum atomic E-state index is -0.815. The number of nitrogens with one attached hydrogen (secondary N) is 2. The average molecular weight is 417 g/mol. The van der Waals surface area contributed by atoms with Gasteiger partial charge in [-0.05, 0) is 24.3 Å². The van der Waals surface area contributed by atoms with Crippen molar-refractivity contribution in [2.24, 2.45) is 0 Å². The number of carbonyl (C=O) groups is 2. The quantitative estimate of drug-likeness (QED) is 0.677. The Morgan fingerprint density at radius 3 is 2.86 bits per heavy atom. The molecule has 148 valence electrons. The molecule has 1 aliphatic rings. The van der Waals surface area contributed by atoms with Gasteiger partial charge in [-0.3, -0.25) is 4.79 Å². The van der Waals surface area contributed by atoms with Crippen molar-refractivity contribution in [3.8, 4) is 17.0 Å². The molecule has 2 amide bonds. The second-order valence-corrected chi connectivity index (χ2v) is 6.61. The molecule has 1 aliphatic heterocycles. The molecule has 2 heterocycles. The van der Waals surface area contributed by atoms with Crippen LogP contribution in [0.15, 0.2) is 36.7 Å². The predicted octanol–water partition coefficient (Wildman–Crippen LogP) is 3.14. The van der Waals surface area contributed by atoms with Crippen LogP contribution in [-0.2, 0) is 9.53 Å². The Balaban J connectivity index is 1.77. The van der Waals surface area contributed by atoms with Crippen molar-refractivity contribution >= 4 is 40.2 Å². The van der Waals surface area contributed by atoms with Crippen LogP contribution in [0.3, 0.4) is 0 Å². The van der Waals surface area contributed by atoms with Gasteiger partial charge in [-0.1, -0.05) is 11.6 Å². The molecule has 1 aromatic heterocycles. The molecule has 0 radical (unpaired) electrons. The number of nitrogens with zero attached hydrogens (tertiary/aromatic N) is 2. The number of halogens is 2. The number of amides is 2. The van der Waals surface area contributed by atoms with Crippen molar-refractivity contribution in [1.29, 1.82) is 0 Å². The van der Waals surface area contributed by atoms with E-state index in [9.17, 15) is 14.0 Å². The zero-order valence-corrected chi connectivity index (χ0v) is 15.8. The molecule has 8 nitrogen and oxygen atoms in total. The predicted molar refractivity (Wildman–Crippen MR) is 103 cm³/mol. The summed E-state index contributed by atoms with van der Waals surface area (Å²) in [7, 11) is 1.46. The van der Waals surface area contributed by atoms with Crippen molar-refractivity contribution < 1.29 is 23.5 Å². The number of alkyl carbamates (subject to hydrolysis) is 1. The molecule has 1 saturated heterocycles. The van der Waals surface area contributed by atoms with Gasteiger partial charge in [-0.25, -0.2) is 19.2 Å². The largest absolute Gasteiger partial charge is 0.494 e. The molecule has 3 aromatic rings. The molecule has 2 aromatic carbocycles. The van der Waals surface area contributed by atoms with Gasteiger partial charge in [0.05, 0.1) is 29.0 Å². The number of benzene rings is 2. The molecule has 0 saturated carbocycles. The summed E-state index contributed by atoms with van der Waals surface area (Å²) in [5, 5.41) is 5.68. The zero-order chi connectivity index (χ0) is 20.5. The molecule has 29 heavy (non-hydrogen) atoms. The molecule has 0 aliphatic carbocycles. The molecule has 1 atom stereocenters. The molecule has 1 fully saturated rings. The lowest BCUT2D eigenvalue weighted by atomic mass is 10.1. The van der Waals surface area contributed by atoms with Gasteiger partial charge in [0.15, 0.2) is 0 Å². The van der Waals surface area contributed by atoms with Crippen molar-refractivity contribution in [2.45, 2.75) is 6.04 Å². The van der Waals surface area contributed by atoms with E-state index in [1.54, 1.807) is 18.2 Å². The summed E-state index contributed by atoms with van der Waals surface area (Å²) < 4.78 is 23.6. The van der Waals surface area contributed by atoms with E-state index in [2.05, 4.69) is 20.6 Å². The molecule has 0 spiro atoms. The number of ether oxygens (including phenoxy) is 2. The van der Waals surface area contributed by atoms with Gasteiger partial charge in [0.2, 0.25) is 0 Å². The summed E-state index contributed by atoms with van der Waals surface area (Å²) >= 11 is 5.91. The highest BCUT2D eigenvalue weighted by Gasteiger charge is 2.29. The molecule has 2 N–H and O–H groups in total. The standard InChI is InChI=1S/C19H14ClFN4O4/c1-28-16-6-13-10(5-14(16)24-18(26)15-7-29-19(27)25-15)17(23-8-22-13)9-2-3-12(21)11(20)4-9/h2-6,8,15H,7H2,1H3,(H,24,26)(H,25,27)/t15-/m1/s1. The number of anilines is 1. The number of carbonyl (C=O) groups excluding carboxylic acids is 2. The first kappa shape index (κ1) is 18.9. The number of cyclic esters (lactones) is 1. The van der Waals surface area contributed by atoms with Crippen molar-refractivity contribution in [3.63, 3.8) is 0 Å². The van der Waals surface area contributed by atoms with Crippen LogP contribution in [-0.4, -0.2) is 41.7 Å². The number of methoxy groups -OCH3 is 1. The normalized spacial score (nSPS) is 15.7. The summed E-state index contributed by atoms with van der Waals surface area (Å²) in [6.07, 6.45) is 0.720. The molecular formula is C19H14ClFN4O4. The van der Waals surface area contributed by atoms with E-state index in [-0.39, 0.29) is 11.6 Å². The Bertz CT molecular complexity index is 1140. The van der Waals surface area contributed by atoms with Gasteiger partial charge in [0, 0.05) is 17.0 Å². The molecular weight excluding hydrogens is 403 g/mol. The second kappa shape index (κ2) is 7.51. The molecule has 4 rings (SSSR count). The maximum atomic E-state index is 13.5. The van der Waals surface area contributed by atoms with Gasteiger partial charge in [-0.15, -0.1) is 0 Å². The Morgan fingerprint density at radius 2 is 2.17 bits per heavy atom. The van der Waals surface area contributed by atoms with Crippen LogP contribution in [0.2, 0.25) is 5.02 Å². The maximum absolute atomic E-state index is 13.5. The Labute approximate surface area is 169 Å². The second-order valence-electron chi connectivity index (χ2n) is 6.21. The van der Waals surface area contributed by atoms with E-state index >= 15 is 0 Å². The number of fused-ring (bicyclic) bond motifs is 1. The fourth-order valence-corrected chi connectivity index (χ4v) is 3.15. The smallest absolute Gasteiger partial charge is 0.407 e. The first-order chi connectivity index (χ1) is 14.0. The lowest BCUT2D eigenvalue weighted by Gasteiger charge is -2.14. The number of rotatable bonds is 4. The third kappa shape index (κ3) is 3.64. The van der Waals surface area contributed by atoms with E-state index in [1.165, 1.54) is 25.6 Å². The van der Waals surface area contributed by atoms with Crippen molar-refractivity contribution in [3.05, 3.63) is 47.5 Å². The average Bonchev–Trinajstić information content (AvgIpc) is 3.15. The summed E-state index contributed by atoms with van der Waals surface area (Å²) in [5.41, 5.74) is 2.01. The van der Waals surface area contributed by atoms with Crippen LogP contribution in [0.5, 0.6) is 5.75 Å². The van der Waals surface area contributed by atoms with Crippen LogP contribution in [0, 0.1) is 5.82 Å². The van der Waals surface area contributed by atoms with E-state index in [1.807, 2.05) is 0 Å². The lowest BCUT2D eigenvalue weighted by molar-refractivity contribution is -0.117. The van der Waals surface area contributed by atoms with E-state index in [4.69, 9.17) is 21.1 Å². The summed E-state index contributed by atoms with van der Waals surface area (Å²) in [4.78, 5) is 32.1. The van der Waals surface area contributed by atoms with Crippen LogP contribution in [0.4, 0.5) is 14.9 Å². The van der Waals surface area contributed by atoms with Gasteiger partial charge in [-0.2, -0.15) is 0 Å². The fourth-order valence-electron chi connectivity index (χ4n) is 2.97. The van der Waals surface area contributed by atoms with Crippen molar-refractivity contribution in [1.82, 2.24) is 15.3 Å². The van der Waals surface area contributed by atoms with Crippen LogP contribution < -0.4 is 15.4 Å². The minimum absolute atomic E-state index is 0.0340. The van der Waals surface area contributed by atoms with Gasteiger partial charge in [0.1, 0.15) is 30.5 Å². The Morgan fingerprint density at radius 1 is 1.34 bits per heavy atom. The maximum Gasteiger partial charge on any atom is 0.407 e. The summed E-state index contributed by atoms with van der Waals surface area (Å²) in [6, 6.07) is 6.75. The Hall–Kier alpha value is -3.46. The topological polar surface area (TPSA) is 102 Å². The summed E-state index contributed by atoms with van der Waals surface area (Å²) in [5.74, 6) is -0.626. The summed E-state index contributed by atoms with van der Waals surface area (Å²) in [6.45, 7) is -0.0665. The zero-order valence-electron chi connectivity index (χ0n) is 15.0. The minimum Gasteiger partial charge on any atom is -0.494 e. The van der Waals surface area contributed by atoms with Crippen LogP contribution in [0.1, 0.15) is 0 Å².